The third kappa shape index (κ3) is 2.80. The number of carboxylic acids is 1. The van der Waals surface area contributed by atoms with Gasteiger partial charge in [-0.2, -0.15) is 0 Å². The lowest BCUT2D eigenvalue weighted by atomic mass is 10.1. The molecule has 0 fully saturated rings. The SMILES string of the molecule is O=C(O)c1ccc(-c2ncc(-c3cccc(Cl)c3)o2)cc1. The van der Waals surface area contributed by atoms with Crippen molar-refractivity contribution < 1.29 is 14.3 Å². The van der Waals surface area contributed by atoms with Crippen molar-refractivity contribution in [3.8, 4) is 22.8 Å². The van der Waals surface area contributed by atoms with Crippen molar-refractivity contribution in [1.82, 2.24) is 4.98 Å². The molecule has 3 rings (SSSR count). The van der Waals surface area contributed by atoms with Gasteiger partial charge in [0.15, 0.2) is 5.76 Å². The predicted octanol–water partition coefficient (Wildman–Crippen LogP) is 4.36. The number of nitrogens with zero attached hydrogens (tertiary/aromatic N) is 1. The monoisotopic (exact) mass is 299 g/mol. The summed E-state index contributed by atoms with van der Waals surface area (Å²) in [4.78, 5) is 15.0. The number of aromatic carboxylic acids is 1. The lowest BCUT2D eigenvalue weighted by Crippen LogP contribution is -1.94. The molecule has 2 aromatic carbocycles. The molecule has 1 N–H and O–H groups in total. The first-order chi connectivity index (χ1) is 10.1. The van der Waals surface area contributed by atoms with E-state index in [1.165, 1.54) is 12.1 Å². The van der Waals surface area contributed by atoms with Crippen molar-refractivity contribution in [2.24, 2.45) is 0 Å². The van der Waals surface area contributed by atoms with Gasteiger partial charge in [-0.25, -0.2) is 9.78 Å². The van der Waals surface area contributed by atoms with E-state index in [4.69, 9.17) is 21.1 Å². The van der Waals surface area contributed by atoms with Crippen molar-refractivity contribution in [3.63, 3.8) is 0 Å². The van der Waals surface area contributed by atoms with Gasteiger partial charge in [-0.1, -0.05) is 23.7 Å². The maximum absolute atomic E-state index is 10.8. The number of rotatable bonds is 3. The molecule has 0 aliphatic heterocycles. The van der Waals surface area contributed by atoms with Gasteiger partial charge in [0.25, 0.3) is 0 Å². The second-order valence-corrected chi connectivity index (χ2v) is 4.86. The van der Waals surface area contributed by atoms with Crippen LogP contribution < -0.4 is 0 Å². The largest absolute Gasteiger partial charge is 0.478 e. The number of benzene rings is 2. The van der Waals surface area contributed by atoms with Crippen molar-refractivity contribution in [3.05, 3.63) is 65.3 Å². The van der Waals surface area contributed by atoms with Gasteiger partial charge < -0.3 is 9.52 Å². The molecule has 21 heavy (non-hydrogen) atoms. The predicted molar refractivity (Wildman–Crippen MR) is 79.3 cm³/mol. The van der Waals surface area contributed by atoms with Crippen LogP contribution in [-0.2, 0) is 0 Å². The molecular weight excluding hydrogens is 290 g/mol. The van der Waals surface area contributed by atoms with Crippen molar-refractivity contribution in [1.29, 1.82) is 0 Å². The number of halogens is 1. The molecule has 5 heteroatoms. The third-order valence-electron chi connectivity index (χ3n) is 2.99. The van der Waals surface area contributed by atoms with Crippen LogP contribution in [0.25, 0.3) is 22.8 Å². The number of carbonyl (C=O) groups is 1. The highest BCUT2D eigenvalue weighted by atomic mass is 35.5. The Hall–Kier alpha value is -2.59. The smallest absolute Gasteiger partial charge is 0.335 e. The Morgan fingerprint density at radius 2 is 1.86 bits per heavy atom. The first kappa shape index (κ1) is 13.4. The van der Waals surface area contributed by atoms with Gasteiger partial charge in [0.05, 0.1) is 11.8 Å². The van der Waals surface area contributed by atoms with Gasteiger partial charge in [0.2, 0.25) is 5.89 Å². The zero-order valence-electron chi connectivity index (χ0n) is 10.8. The Balaban J connectivity index is 1.93. The summed E-state index contributed by atoms with van der Waals surface area (Å²) in [7, 11) is 0. The number of aromatic nitrogens is 1. The van der Waals surface area contributed by atoms with Crippen LogP contribution in [0, 0.1) is 0 Å². The summed E-state index contributed by atoms with van der Waals surface area (Å²) in [6.07, 6.45) is 1.62. The van der Waals surface area contributed by atoms with Gasteiger partial charge in [-0.05, 0) is 36.4 Å². The van der Waals surface area contributed by atoms with Crippen molar-refractivity contribution >= 4 is 17.6 Å². The van der Waals surface area contributed by atoms with Crippen LogP contribution in [0.3, 0.4) is 0 Å². The standard InChI is InChI=1S/C16H10ClNO3/c17-13-3-1-2-12(8-13)14-9-18-15(21-14)10-4-6-11(7-5-10)16(19)20/h1-9H,(H,19,20). The van der Waals surface area contributed by atoms with Crippen LogP contribution in [0.15, 0.2) is 59.1 Å². The Bertz CT molecular complexity index is 793. The second kappa shape index (κ2) is 5.42. The van der Waals surface area contributed by atoms with E-state index in [9.17, 15) is 4.79 Å². The highest BCUT2D eigenvalue weighted by Crippen LogP contribution is 2.27. The average molecular weight is 300 g/mol. The molecule has 1 heterocycles. The van der Waals surface area contributed by atoms with Gasteiger partial charge in [0, 0.05) is 16.1 Å². The Kier molecular flexibility index (Phi) is 3.46. The Morgan fingerprint density at radius 1 is 1.10 bits per heavy atom. The summed E-state index contributed by atoms with van der Waals surface area (Å²) in [5.41, 5.74) is 1.78. The molecule has 1 aromatic heterocycles. The minimum Gasteiger partial charge on any atom is -0.478 e. The van der Waals surface area contributed by atoms with Gasteiger partial charge in [-0.3, -0.25) is 0 Å². The topological polar surface area (TPSA) is 63.3 Å². The van der Waals surface area contributed by atoms with Crippen LogP contribution in [0.1, 0.15) is 10.4 Å². The van der Waals surface area contributed by atoms with Crippen LogP contribution in [0.4, 0.5) is 0 Å². The Labute approximate surface area is 125 Å². The summed E-state index contributed by atoms with van der Waals surface area (Å²) in [6.45, 7) is 0. The lowest BCUT2D eigenvalue weighted by Gasteiger charge is -1.98. The van der Waals surface area contributed by atoms with Gasteiger partial charge in [-0.15, -0.1) is 0 Å². The van der Waals surface area contributed by atoms with E-state index in [0.29, 0.717) is 22.2 Å². The van der Waals surface area contributed by atoms with Crippen molar-refractivity contribution in [2.75, 3.05) is 0 Å². The molecule has 0 spiro atoms. The summed E-state index contributed by atoms with van der Waals surface area (Å²) in [6, 6.07) is 13.6. The highest BCUT2D eigenvalue weighted by Gasteiger charge is 2.10. The molecule has 3 aromatic rings. The van der Waals surface area contributed by atoms with E-state index >= 15 is 0 Å². The summed E-state index contributed by atoms with van der Waals surface area (Å²) < 4.78 is 5.69. The fourth-order valence-electron chi connectivity index (χ4n) is 1.94. The summed E-state index contributed by atoms with van der Waals surface area (Å²) in [5.74, 6) is 0.0743. The molecule has 0 aliphatic carbocycles. The van der Waals surface area contributed by atoms with Crippen LogP contribution >= 0.6 is 11.6 Å². The fourth-order valence-corrected chi connectivity index (χ4v) is 2.13. The molecule has 0 saturated carbocycles. The zero-order chi connectivity index (χ0) is 14.8. The molecule has 0 saturated heterocycles. The van der Waals surface area contributed by atoms with Crippen LogP contribution in [-0.4, -0.2) is 16.1 Å². The van der Waals surface area contributed by atoms with Gasteiger partial charge >= 0.3 is 5.97 Å². The second-order valence-electron chi connectivity index (χ2n) is 4.42. The first-order valence-electron chi connectivity index (χ1n) is 6.19. The summed E-state index contributed by atoms with van der Waals surface area (Å²) >= 11 is 5.95. The molecular formula is C16H10ClNO3. The number of carboxylic acid groups (broad SMARTS) is 1. The van der Waals surface area contributed by atoms with E-state index < -0.39 is 5.97 Å². The molecule has 0 amide bonds. The molecule has 0 aliphatic rings. The number of hydrogen-bond donors (Lipinski definition) is 1. The fraction of sp³-hybridized carbons (Fsp3) is 0. The minimum absolute atomic E-state index is 0.223. The molecule has 0 radical (unpaired) electrons. The maximum atomic E-state index is 10.8. The van der Waals surface area contributed by atoms with Crippen molar-refractivity contribution in [2.45, 2.75) is 0 Å². The maximum Gasteiger partial charge on any atom is 0.335 e. The molecule has 0 unspecified atom stereocenters. The zero-order valence-corrected chi connectivity index (χ0v) is 11.5. The average Bonchev–Trinajstić information content (AvgIpc) is 2.97. The number of oxazole rings is 1. The van der Waals surface area contributed by atoms with E-state index in [0.717, 1.165) is 5.56 Å². The normalized spacial score (nSPS) is 10.5. The van der Waals surface area contributed by atoms with E-state index in [2.05, 4.69) is 4.98 Å². The number of hydrogen-bond acceptors (Lipinski definition) is 3. The third-order valence-corrected chi connectivity index (χ3v) is 3.23. The van der Waals surface area contributed by atoms with Crippen LogP contribution in [0.5, 0.6) is 0 Å². The molecule has 0 bridgehead atoms. The first-order valence-corrected chi connectivity index (χ1v) is 6.57. The lowest BCUT2D eigenvalue weighted by molar-refractivity contribution is 0.0697. The van der Waals surface area contributed by atoms with E-state index in [1.54, 1.807) is 30.5 Å². The minimum atomic E-state index is -0.964. The van der Waals surface area contributed by atoms with Gasteiger partial charge in [0.1, 0.15) is 0 Å². The molecule has 4 nitrogen and oxygen atoms in total. The quantitative estimate of drug-likeness (QED) is 0.780. The molecule has 104 valence electrons. The van der Waals surface area contributed by atoms with Crippen LogP contribution in [0.2, 0.25) is 5.02 Å². The Morgan fingerprint density at radius 3 is 2.52 bits per heavy atom. The van der Waals surface area contributed by atoms with E-state index in [1.807, 2.05) is 12.1 Å². The highest BCUT2D eigenvalue weighted by molar-refractivity contribution is 6.30. The molecule has 0 atom stereocenters. The summed E-state index contributed by atoms with van der Waals surface area (Å²) in [5, 5.41) is 9.50. The van der Waals surface area contributed by atoms with E-state index in [-0.39, 0.29) is 5.56 Å².